The van der Waals surface area contributed by atoms with Gasteiger partial charge in [-0.25, -0.2) is 4.98 Å². The number of Topliss-reactive ketones (excluding diaryl/α,β-unsaturated/α-hetero) is 1. The van der Waals surface area contributed by atoms with Gasteiger partial charge in [-0.2, -0.15) is 0 Å². The summed E-state index contributed by atoms with van der Waals surface area (Å²) in [4.78, 5) is 17.0. The van der Waals surface area contributed by atoms with Crippen LogP contribution in [0, 0.1) is 13.8 Å². The average molecular weight is 384 g/mol. The summed E-state index contributed by atoms with van der Waals surface area (Å²) >= 11 is 1.48. The van der Waals surface area contributed by atoms with Gasteiger partial charge in [-0.3, -0.25) is 4.79 Å². The molecule has 3 rings (SSSR count). The molecule has 0 aliphatic rings. The molecule has 3 aromatic rings. The molecule has 142 valence electrons. The van der Waals surface area contributed by atoms with Crippen LogP contribution in [0.2, 0.25) is 0 Å². The maximum atomic E-state index is 12.7. The fourth-order valence-corrected chi connectivity index (χ4v) is 3.98. The van der Waals surface area contributed by atoms with Gasteiger partial charge in [0.05, 0.1) is 12.9 Å². The number of carbonyl (C=O) groups is 1. The number of nitrogens with zero attached hydrogens (tertiary/aromatic N) is 3. The molecule has 0 radical (unpaired) electrons. The van der Waals surface area contributed by atoms with Gasteiger partial charge in [0.15, 0.2) is 10.9 Å². The maximum absolute atomic E-state index is 12.7. The third kappa shape index (κ3) is 4.45. The van der Waals surface area contributed by atoms with Crippen LogP contribution in [0.1, 0.15) is 27.3 Å². The molecule has 1 aromatic carbocycles. The van der Waals surface area contributed by atoms with Crippen molar-refractivity contribution in [3.63, 3.8) is 0 Å². The Hall–Kier alpha value is -2.47. The Morgan fingerprint density at radius 1 is 1.22 bits per heavy atom. The Morgan fingerprint density at radius 2 is 1.96 bits per heavy atom. The second kappa shape index (κ2) is 8.48. The molecule has 0 aliphatic heterocycles. The van der Waals surface area contributed by atoms with E-state index in [1.165, 1.54) is 17.3 Å². The molecule has 0 amide bonds. The molecule has 0 saturated carbocycles. The highest BCUT2D eigenvalue weighted by molar-refractivity contribution is 7.99. The Kier molecular flexibility index (Phi) is 6.06. The monoisotopic (exact) mass is 383 g/mol. The molecule has 2 heterocycles. The van der Waals surface area contributed by atoms with Gasteiger partial charge in [-0.1, -0.05) is 23.9 Å². The van der Waals surface area contributed by atoms with Crippen LogP contribution in [0.5, 0.6) is 5.75 Å². The number of ether oxygens (including phenoxy) is 1. The molecule has 6 heteroatoms. The first-order valence-corrected chi connectivity index (χ1v) is 9.91. The SMILES string of the molecule is COc1ccc(CCn2c(C)cc(C(=O)CSc3nccn3C)c2C)cc1. The molecule has 2 aromatic heterocycles. The smallest absolute Gasteiger partial charge is 0.175 e. The average Bonchev–Trinajstić information content (AvgIpc) is 3.21. The highest BCUT2D eigenvalue weighted by Crippen LogP contribution is 2.21. The zero-order chi connectivity index (χ0) is 19.4. The van der Waals surface area contributed by atoms with Crippen molar-refractivity contribution in [3.05, 3.63) is 65.2 Å². The van der Waals surface area contributed by atoms with E-state index in [4.69, 9.17) is 4.74 Å². The van der Waals surface area contributed by atoms with Crippen LogP contribution in [0.4, 0.5) is 0 Å². The fraction of sp³-hybridized carbons (Fsp3) is 0.333. The molecule has 0 aliphatic carbocycles. The zero-order valence-electron chi connectivity index (χ0n) is 16.2. The second-order valence-electron chi connectivity index (χ2n) is 6.57. The first kappa shape index (κ1) is 19.3. The lowest BCUT2D eigenvalue weighted by Gasteiger charge is -2.10. The van der Waals surface area contributed by atoms with E-state index in [2.05, 4.69) is 28.6 Å². The number of rotatable bonds is 8. The predicted octanol–water partition coefficient (Wildman–Crippen LogP) is 4.06. The van der Waals surface area contributed by atoms with Crippen LogP contribution < -0.4 is 4.74 Å². The van der Waals surface area contributed by atoms with E-state index in [1.54, 1.807) is 13.3 Å². The van der Waals surface area contributed by atoms with E-state index in [9.17, 15) is 4.79 Å². The van der Waals surface area contributed by atoms with E-state index in [1.807, 2.05) is 42.9 Å². The third-order valence-electron chi connectivity index (χ3n) is 4.77. The van der Waals surface area contributed by atoms with Crippen molar-refractivity contribution in [2.24, 2.45) is 7.05 Å². The highest BCUT2D eigenvalue weighted by Gasteiger charge is 2.16. The Morgan fingerprint density at radius 3 is 2.59 bits per heavy atom. The van der Waals surface area contributed by atoms with Gasteiger partial charge in [-0.15, -0.1) is 0 Å². The van der Waals surface area contributed by atoms with Crippen molar-refractivity contribution in [1.82, 2.24) is 14.1 Å². The number of aryl methyl sites for hydroxylation is 3. The summed E-state index contributed by atoms with van der Waals surface area (Å²) in [5.41, 5.74) is 4.21. The summed E-state index contributed by atoms with van der Waals surface area (Å²) < 4.78 is 9.36. The minimum absolute atomic E-state index is 0.145. The van der Waals surface area contributed by atoms with E-state index in [0.29, 0.717) is 5.75 Å². The lowest BCUT2D eigenvalue weighted by atomic mass is 10.1. The number of methoxy groups -OCH3 is 1. The van der Waals surface area contributed by atoms with E-state index in [-0.39, 0.29) is 5.78 Å². The number of thioether (sulfide) groups is 1. The van der Waals surface area contributed by atoms with E-state index < -0.39 is 0 Å². The zero-order valence-corrected chi connectivity index (χ0v) is 17.0. The maximum Gasteiger partial charge on any atom is 0.175 e. The lowest BCUT2D eigenvalue weighted by Crippen LogP contribution is -2.08. The second-order valence-corrected chi connectivity index (χ2v) is 7.51. The van der Waals surface area contributed by atoms with Gasteiger partial charge in [-0.05, 0) is 44.0 Å². The first-order valence-electron chi connectivity index (χ1n) is 8.92. The topological polar surface area (TPSA) is 49.1 Å². The summed E-state index contributed by atoms with van der Waals surface area (Å²) in [6.45, 7) is 4.94. The largest absolute Gasteiger partial charge is 0.497 e. The summed E-state index contributed by atoms with van der Waals surface area (Å²) in [7, 11) is 3.61. The quantitative estimate of drug-likeness (QED) is 0.435. The van der Waals surface area contributed by atoms with Crippen LogP contribution in [0.3, 0.4) is 0 Å². The summed E-state index contributed by atoms with van der Waals surface area (Å²) in [5, 5.41) is 0.858. The van der Waals surface area contributed by atoms with E-state index in [0.717, 1.165) is 40.8 Å². The molecule has 0 fully saturated rings. The van der Waals surface area contributed by atoms with Gasteiger partial charge in [0.1, 0.15) is 5.75 Å². The Balaban J connectivity index is 1.66. The van der Waals surface area contributed by atoms with Gasteiger partial charge in [0.2, 0.25) is 0 Å². The molecule has 0 saturated heterocycles. The fourth-order valence-electron chi connectivity index (χ4n) is 3.16. The molecule has 0 atom stereocenters. The summed E-state index contributed by atoms with van der Waals surface area (Å²) in [6, 6.07) is 10.1. The number of carbonyl (C=O) groups excluding carboxylic acids is 1. The molecule has 0 N–H and O–H groups in total. The summed E-state index contributed by atoms with van der Waals surface area (Å²) in [5.74, 6) is 1.41. The van der Waals surface area contributed by atoms with Crippen molar-refractivity contribution < 1.29 is 9.53 Å². The summed E-state index contributed by atoms with van der Waals surface area (Å²) in [6.07, 6.45) is 4.55. The van der Waals surface area contributed by atoms with Gasteiger partial charge >= 0.3 is 0 Å². The van der Waals surface area contributed by atoms with Crippen molar-refractivity contribution in [1.29, 1.82) is 0 Å². The lowest BCUT2D eigenvalue weighted by molar-refractivity contribution is 0.102. The number of benzene rings is 1. The molecule has 0 bridgehead atoms. The standard InChI is InChI=1S/C21H25N3O2S/c1-15-13-19(20(25)14-27-21-22-10-12-23(21)3)16(2)24(15)11-9-17-5-7-18(26-4)8-6-17/h5-8,10,12-13H,9,11,14H2,1-4H3. The molecule has 0 spiro atoms. The van der Waals surface area contributed by atoms with Crippen molar-refractivity contribution in [2.45, 2.75) is 32.0 Å². The highest BCUT2D eigenvalue weighted by atomic mass is 32.2. The van der Waals surface area contributed by atoms with Crippen molar-refractivity contribution in [3.8, 4) is 5.75 Å². The van der Waals surface area contributed by atoms with E-state index >= 15 is 0 Å². The minimum atomic E-state index is 0.145. The molecular formula is C21H25N3O2S. The van der Waals surface area contributed by atoms with Crippen LogP contribution >= 0.6 is 11.8 Å². The van der Waals surface area contributed by atoms with Crippen LogP contribution in [-0.2, 0) is 20.0 Å². The van der Waals surface area contributed by atoms with Crippen LogP contribution in [0.15, 0.2) is 47.9 Å². The van der Waals surface area contributed by atoms with Crippen molar-refractivity contribution >= 4 is 17.5 Å². The Bertz CT molecular complexity index is 926. The third-order valence-corrected chi connectivity index (χ3v) is 5.82. The van der Waals surface area contributed by atoms with Gasteiger partial charge in [0.25, 0.3) is 0 Å². The molecule has 0 unspecified atom stereocenters. The van der Waals surface area contributed by atoms with Crippen molar-refractivity contribution in [2.75, 3.05) is 12.9 Å². The number of hydrogen-bond donors (Lipinski definition) is 0. The minimum Gasteiger partial charge on any atom is -0.497 e. The molecule has 5 nitrogen and oxygen atoms in total. The van der Waals surface area contributed by atoms with Crippen LogP contribution in [-0.4, -0.2) is 32.8 Å². The van der Waals surface area contributed by atoms with Gasteiger partial charge < -0.3 is 13.9 Å². The number of ketones is 1. The van der Waals surface area contributed by atoms with Gasteiger partial charge in [0, 0.05) is 42.9 Å². The number of hydrogen-bond acceptors (Lipinski definition) is 4. The molecular weight excluding hydrogens is 358 g/mol. The Labute approximate surface area is 164 Å². The predicted molar refractivity (Wildman–Crippen MR) is 109 cm³/mol. The number of imidazole rings is 1. The van der Waals surface area contributed by atoms with Crippen LogP contribution in [0.25, 0.3) is 0 Å². The number of aromatic nitrogens is 3. The first-order chi connectivity index (χ1) is 13.0. The normalized spacial score (nSPS) is 11.0. The molecule has 27 heavy (non-hydrogen) atoms.